The van der Waals surface area contributed by atoms with Gasteiger partial charge in [-0.15, -0.1) is 0 Å². The Morgan fingerprint density at radius 2 is 2.27 bits per heavy atom. The molecule has 0 fully saturated rings. The molecule has 1 aromatic heterocycles. The summed E-state index contributed by atoms with van der Waals surface area (Å²) in [6.07, 6.45) is 0. The quantitative estimate of drug-likeness (QED) is 0.739. The molecule has 0 spiro atoms. The smallest absolute Gasteiger partial charge is 0.238 e. The molecule has 5 heteroatoms. The molecule has 11 heavy (non-hydrogen) atoms. The number of aromatic nitrogens is 2. The summed E-state index contributed by atoms with van der Waals surface area (Å²) in [6, 6.07) is 0. The van der Waals surface area contributed by atoms with Crippen LogP contribution >= 0.6 is 11.5 Å². The maximum atomic E-state index is 4.22. The molecule has 0 atom stereocenters. The lowest BCUT2D eigenvalue weighted by Gasteiger charge is -2.03. The van der Waals surface area contributed by atoms with Crippen LogP contribution in [-0.2, 0) is 0 Å². The highest BCUT2D eigenvalue weighted by Crippen LogP contribution is 2.15. The molecule has 0 saturated carbocycles. The van der Waals surface area contributed by atoms with Crippen LogP contribution in [0.3, 0.4) is 0 Å². The zero-order valence-corrected chi connectivity index (χ0v) is 7.77. The first-order valence-electron chi connectivity index (χ1n) is 3.49. The lowest BCUT2D eigenvalue weighted by molar-refractivity contribution is 1.04. The second kappa shape index (κ2) is 3.52. The zero-order chi connectivity index (χ0) is 8.27. The van der Waals surface area contributed by atoms with Gasteiger partial charge in [0.15, 0.2) is 0 Å². The third-order valence-electron chi connectivity index (χ3n) is 1.14. The molecule has 1 aromatic rings. The van der Waals surface area contributed by atoms with E-state index in [0.717, 1.165) is 17.6 Å². The molecule has 0 unspecified atom stereocenters. The highest BCUT2D eigenvalue weighted by Gasteiger charge is 2.02. The molecule has 0 bridgehead atoms. The van der Waals surface area contributed by atoms with Gasteiger partial charge in [0.05, 0.1) is 0 Å². The highest BCUT2D eigenvalue weighted by molar-refractivity contribution is 7.09. The molecule has 0 saturated heterocycles. The Kier molecular flexibility index (Phi) is 2.64. The van der Waals surface area contributed by atoms with Crippen molar-refractivity contribution < 1.29 is 0 Å². The van der Waals surface area contributed by atoms with Gasteiger partial charge in [0.25, 0.3) is 0 Å². The molecule has 62 valence electrons. The largest absolute Gasteiger partial charge is 0.361 e. The molecule has 0 radical (unpaired) electrons. The average molecular weight is 172 g/mol. The van der Waals surface area contributed by atoms with Crippen LogP contribution in [0, 0.1) is 0 Å². The minimum atomic E-state index is 0.769. The van der Waals surface area contributed by atoms with Gasteiger partial charge in [-0.2, -0.15) is 9.36 Å². The van der Waals surface area contributed by atoms with E-state index in [2.05, 4.69) is 14.7 Å². The van der Waals surface area contributed by atoms with Crippen LogP contribution in [-0.4, -0.2) is 30.0 Å². The van der Waals surface area contributed by atoms with Crippen molar-refractivity contribution in [1.29, 1.82) is 0 Å². The molecular formula is C6H12N4S. The fourth-order valence-corrected chi connectivity index (χ4v) is 1.32. The van der Waals surface area contributed by atoms with Gasteiger partial charge >= 0.3 is 0 Å². The second-order valence-corrected chi connectivity index (χ2v) is 3.08. The lowest BCUT2D eigenvalue weighted by atomic mass is 10.7. The summed E-state index contributed by atoms with van der Waals surface area (Å²) < 4.78 is 4.13. The van der Waals surface area contributed by atoms with Gasteiger partial charge < -0.3 is 10.2 Å². The van der Waals surface area contributed by atoms with Crippen LogP contribution in [0.4, 0.5) is 11.1 Å². The molecule has 0 aliphatic carbocycles. The first-order chi connectivity index (χ1) is 5.24. The Bertz CT molecular complexity index is 220. The van der Waals surface area contributed by atoms with Crippen molar-refractivity contribution in [3.05, 3.63) is 0 Å². The van der Waals surface area contributed by atoms with E-state index in [-0.39, 0.29) is 0 Å². The predicted octanol–water partition coefficient (Wildman–Crippen LogP) is 1.04. The first kappa shape index (κ1) is 8.26. The van der Waals surface area contributed by atoms with E-state index >= 15 is 0 Å². The van der Waals surface area contributed by atoms with Crippen molar-refractivity contribution in [2.75, 3.05) is 30.9 Å². The van der Waals surface area contributed by atoms with Gasteiger partial charge in [-0.3, -0.25) is 0 Å². The number of hydrogen-bond donors (Lipinski definition) is 1. The predicted molar refractivity (Wildman–Crippen MR) is 48.4 cm³/mol. The molecule has 0 aliphatic heterocycles. The van der Waals surface area contributed by atoms with E-state index in [9.17, 15) is 0 Å². The standard InChI is InChI=1S/C6H12N4S/c1-4-7-6-8-5(9-11-6)10(2)3/h4H2,1-3H3,(H,7,8,9). The zero-order valence-electron chi connectivity index (χ0n) is 6.96. The van der Waals surface area contributed by atoms with Crippen molar-refractivity contribution in [1.82, 2.24) is 9.36 Å². The molecule has 1 rings (SSSR count). The summed E-state index contributed by atoms with van der Waals surface area (Å²) in [4.78, 5) is 6.11. The highest BCUT2D eigenvalue weighted by atomic mass is 32.1. The molecule has 1 N–H and O–H groups in total. The van der Waals surface area contributed by atoms with Crippen LogP contribution < -0.4 is 10.2 Å². The van der Waals surface area contributed by atoms with Crippen molar-refractivity contribution in [3.8, 4) is 0 Å². The Balaban J connectivity index is 2.66. The summed E-state index contributed by atoms with van der Waals surface area (Å²) in [5.41, 5.74) is 0. The Labute approximate surface area is 70.4 Å². The molecular weight excluding hydrogens is 160 g/mol. The van der Waals surface area contributed by atoms with Crippen LogP contribution in [0.25, 0.3) is 0 Å². The van der Waals surface area contributed by atoms with Crippen molar-refractivity contribution in [2.24, 2.45) is 0 Å². The van der Waals surface area contributed by atoms with Gasteiger partial charge in [0.2, 0.25) is 11.1 Å². The number of rotatable bonds is 3. The average Bonchev–Trinajstić information content (AvgIpc) is 2.37. The van der Waals surface area contributed by atoms with Gasteiger partial charge in [0, 0.05) is 32.2 Å². The minimum Gasteiger partial charge on any atom is -0.361 e. The Morgan fingerprint density at radius 1 is 1.55 bits per heavy atom. The fourth-order valence-electron chi connectivity index (χ4n) is 0.620. The van der Waals surface area contributed by atoms with E-state index in [1.54, 1.807) is 0 Å². The van der Waals surface area contributed by atoms with Gasteiger partial charge in [-0.1, -0.05) is 0 Å². The summed E-state index contributed by atoms with van der Waals surface area (Å²) in [6.45, 7) is 2.93. The van der Waals surface area contributed by atoms with Crippen molar-refractivity contribution >= 4 is 22.6 Å². The van der Waals surface area contributed by atoms with E-state index < -0.39 is 0 Å². The third kappa shape index (κ3) is 2.04. The van der Waals surface area contributed by atoms with Crippen LogP contribution in [0.2, 0.25) is 0 Å². The van der Waals surface area contributed by atoms with Gasteiger partial charge in [0.1, 0.15) is 0 Å². The number of nitrogens with one attached hydrogen (secondary N) is 1. The lowest BCUT2D eigenvalue weighted by Crippen LogP contribution is -2.10. The van der Waals surface area contributed by atoms with E-state index in [1.165, 1.54) is 11.5 Å². The molecule has 0 aliphatic rings. The summed E-state index contributed by atoms with van der Waals surface area (Å²) >= 11 is 1.39. The maximum Gasteiger partial charge on any atom is 0.238 e. The summed E-state index contributed by atoms with van der Waals surface area (Å²) in [5, 5.41) is 3.99. The van der Waals surface area contributed by atoms with E-state index in [4.69, 9.17) is 0 Å². The van der Waals surface area contributed by atoms with Crippen molar-refractivity contribution in [3.63, 3.8) is 0 Å². The summed E-state index contributed by atoms with van der Waals surface area (Å²) in [7, 11) is 3.86. The Hall–Kier alpha value is -0.840. The van der Waals surface area contributed by atoms with Gasteiger partial charge in [-0.25, -0.2) is 0 Å². The second-order valence-electron chi connectivity index (χ2n) is 2.32. The fraction of sp³-hybridized carbons (Fsp3) is 0.667. The number of nitrogens with zero attached hydrogens (tertiary/aromatic N) is 3. The topological polar surface area (TPSA) is 41.1 Å². The van der Waals surface area contributed by atoms with Gasteiger partial charge in [-0.05, 0) is 6.92 Å². The summed E-state index contributed by atoms with van der Waals surface area (Å²) in [5.74, 6) is 0.769. The molecule has 0 aromatic carbocycles. The first-order valence-corrected chi connectivity index (χ1v) is 4.26. The molecule has 1 heterocycles. The third-order valence-corrected chi connectivity index (χ3v) is 1.81. The van der Waals surface area contributed by atoms with Crippen LogP contribution in [0.5, 0.6) is 0 Å². The minimum absolute atomic E-state index is 0.769. The molecule has 0 amide bonds. The van der Waals surface area contributed by atoms with Crippen LogP contribution in [0.1, 0.15) is 6.92 Å². The van der Waals surface area contributed by atoms with Crippen molar-refractivity contribution in [2.45, 2.75) is 6.92 Å². The normalized spacial score (nSPS) is 9.73. The van der Waals surface area contributed by atoms with E-state index in [1.807, 2.05) is 25.9 Å². The van der Waals surface area contributed by atoms with E-state index in [0.29, 0.717) is 0 Å². The van der Waals surface area contributed by atoms with Crippen LogP contribution in [0.15, 0.2) is 0 Å². The monoisotopic (exact) mass is 172 g/mol. The number of anilines is 2. The Morgan fingerprint density at radius 3 is 2.73 bits per heavy atom. The SMILES string of the molecule is CCNc1nc(N(C)C)ns1. The molecule has 4 nitrogen and oxygen atoms in total. The number of hydrogen-bond acceptors (Lipinski definition) is 5. The maximum absolute atomic E-state index is 4.22.